The van der Waals surface area contributed by atoms with Crippen LogP contribution < -0.4 is 0 Å². The van der Waals surface area contributed by atoms with Gasteiger partial charge in [0.1, 0.15) is 0 Å². The van der Waals surface area contributed by atoms with E-state index in [1.165, 1.54) is 5.34 Å². The standard InChI is InChI=1S/Ga.Li.HNO2.4H/c;;2-1-3;;;;/h;;(H,2,3);;;;. The summed E-state index contributed by atoms with van der Waals surface area (Å²) >= 11 is 0. The fraction of sp³-hybridized carbons (Fsp3) is 0. The summed E-state index contributed by atoms with van der Waals surface area (Å²) in [6.07, 6.45) is 0. The molecule has 0 aromatic carbocycles. The van der Waals surface area contributed by atoms with Gasteiger partial charge in [0, 0.05) is 0 Å². The molecule has 0 heterocycles. The maximum atomic E-state index is 8.11. The second kappa shape index (κ2) is 22.9. The predicted molar refractivity (Wildman–Crippen MR) is 24.7 cm³/mol. The van der Waals surface area contributed by atoms with E-state index in [2.05, 4.69) is 0 Å². The molecule has 5 heavy (non-hydrogen) atoms. The summed E-state index contributed by atoms with van der Waals surface area (Å²) in [5.41, 5.74) is 0. The Kier molecular flexibility index (Phi) is 79.9. The van der Waals surface area contributed by atoms with Crippen LogP contribution in [0, 0.1) is 4.91 Å². The van der Waals surface area contributed by atoms with Crippen molar-refractivity contribution in [1.82, 2.24) is 0 Å². The van der Waals surface area contributed by atoms with E-state index in [4.69, 9.17) is 10.1 Å². The zero-order chi connectivity index (χ0) is 2.71. The first-order chi connectivity index (χ1) is 1.41. The van der Waals surface area contributed by atoms with E-state index in [1.54, 1.807) is 0 Å². The van der Waals surface area contributed by atoms with Gasteiger partial charge in [0.05, 0.1) is 0 Å². The van der Waals surface area contributed by atoms with Crippen LogP contribution in [0.25, 0.3) is 0 Å². The summed E-state index contributed by atoms with van der Waals surface area (Å²) in [5, 5.41) is 7.89. The quantitative estimate of drug-likeness (QED) is 0.240. The van der Waals surface area contributed by atoms with Gasteiger partial charge < -0.3 is 5.21 Å². The van der Waals surface area contributed by atoms with Crippen LogP contribution in [0.15, 0.2) is 5.34 Å². The van der Waals surface area contributed by atoms with Gasteiger partial charge in [0.15, 0.2) is 5.34 Å². The molecule has 0 aliphatic carbocycles. The van der Waals surface area contributed by atoms with Crippen molar-refractivity contribution in [2.24, 2.45) is 5.34 Å². The summed E-state index contributed by atoms with van der Waals surface area (Å²) in [5.74, 6) is 0. The fourth-order valence-electron chi connectivity index (χ4n) is 0. The molecule has 0 rings (SSSR count). The van der Waals surface area contributed by atoms with Gasteiger partial charge in [-0.2, -0.15) is 0 Å². The molecule has 3 nitrogen and oxygen atoms in total. The van der Waals surface area contributed by atoms with Gasteiger partial charge >= 0.3 is 38.7 Å². The van der Waals surface area contributed by atoms with E-state index in [-0.39, 0.29) is 38.7 Å². The first-order valence-electron chi connectivity index (χ1n) is 0.383. The molecule has 0 unspecified atom stereocenters. The first-order valence-corrected chi connectivity index (χ1v) is 0.383. The number of rotatable bonds is 0. The van der Waals surface area contributed by atoms with Crippen molar-refractivity contribution in [2.45, 2.75) is 0 Å². The van der Waals surface area contributed by atoms with Crippen LogP contribution in [0.4, 0.5) is 0 Å². The summed E-state index contributed by atoms with van der Waals surface area (Å²) in [6, 6.07) is 0. The normalized spacial score (nSPS) is 2.40. The fourth-order valence-corrected chi connectivity index (χ4v) is 0. The molecule has 0 amide bonds. The molecular formula is H5GaLiNO2. The Hall–Kier alpha value is 0.634. The van der Waals surface area contributed by atoms with Crippen LogP contribution in [0.3, 0.4) is 0 Å². The molecule has 0 atom stereocenters. The van der Waals surface area contributed by atoms with E-state index in [0.29, 0.717) is 0 Å². The first kappa shape index (κ1) is 17.4. The Morgan fingerprint density at radius 3 is 1.60 bits per heavy atom. The van der Waals surface area contributed by atoms with Crippen molar-refractivity contribution in [2.75, 3.05) is 0 Å². The molecule has 0 aliphatic rings. The van der Waals surface area contributed by atoms with Crippen LogP contribution in [0.5, 0.6) is 0 Å². The molecule has 5 heteroatoms. The van der Waals surface area contributed by atoms with Crippen molar-refractivity contribution in [3.8, 4) is 0 Å². The molecule has 1 N–H and O–H groups in total. The van der Waals surface area contributed by atoms with Gasteiger partial charge in [-0.25, -0.2) is 0 Å². The van der Waals surface area contributed by atoms with Gasteiger partial charge in [-0.15, -0.1) is 4.91 Å². The van der Waals surface area contributed by atoms with Crippen LogP contribution in [-0.2, 0) is 0 Å². The van der Waals surface area contributed by atoms with Crippen molar-refractivity contribution < 1.29 is 5.21 Å². The third kappa shape index (κ3) is 80.0. The Morgan fingerprint density at radius 1 is 1.60 bits per heavy atom. The Labute approximate surface area is 54.3 Å². The van der Waals surface area contributed by atoms with E-state index in [9.17, 15) is 0 Å². The minimum atomic E-state index is 0. The molecule has 0 bridgehead atoms. The number of nitrogens with zero attached hydrogens (tertiary/aromatic N) is 1. The second-order valence-electron chi connectivity index (χ2n) is 0.0816. The van der Waals surface area contributed by atoms with Crippen LogP contribution >= 0.6 is 0 Å². The zero-order valence-electron chi connectivity index (χ0n) is 1.30. The third-order valence-corrected chi connectivity index (χ3v) is 0. The number of hydrogen-bond acceptors (Lipinski definition) is 2. The molecule has 0 aliphatic heterocycles. The van der Waals surface area contributed by atoms with Crippen molar-refractivity contribution in [1.29, 1.82) is 0 Å². The maximum absolute atomic E-state index is 8.11. The Balaban J connectivity index is -0.0000000200. The molecule has 0 fully saturated rings. The van der Waals surface area contributed by atoms with Gasteiger partial charge in [0.25, 0.3) is 0 Å². The SMILES string of the molecule is O=NO.[GaH3].[LiH]. The van der Waals surface area contributed by atoms with Crippen LogP contribution in [0.1, 0.15) is 0 Å². The Morgan fingerprint density at radius 2 is 1.60 bits per heavy atom. The summed E-state index contributed by atoms with van der Waals surface area (Å²) < 4.78 is 0. The summed E-state index contributed by atoms with van der Waals surface area (Å²) in [4.78, 5) is 8.11. The van der Waals surface area contributed by atoms with Gasteiger partial charge in [-0.3, -0.25) is 0 Å². The molecular weight excluding hydrogens is 123 g/mol. The molecule has 26 valence electrons. The van der Waals surface area contributed by atoms with E-state index >= 15 is 0 Å². The number of hydrogen-bond donors (Lipinski definition) is 1. The van der Waals surface area contributed by atoms with Gasteiger partial charge in [-0.05, 0) is 0 Å². The minimum absolute atomic E-state index is 0. The van der Waals surface area contributed by atoms with Crippen molar-refractivity contribution in [3.05, 3.63) is 4.91 Å². The van der Waals surface area contributed by atoms with Gasteiger partial charge in [0.2, 0.25) is 0 Å². The summed E-state index contributed by atoms with van der Waals surface area (Å²) in [6.45, 7) is 0. The van der Waals surface area contributed by atoms with E-state index in [0.717, 1.165) is 0 Å². The van der Waals surface area contributed by atoms with E-state index in [1.807, 2.05) is 0 Å². The predicted octanol–water partition coefficient (Wildman–Crippen LogP) is -1.69. The van der Waals surface area contributed by atoms with Gasteiger partial charge in [-0.1, -0.05) is 0 Å². The van der Waals surface area contributed by atoms with Crippen molar-refractivity contribution >= 4 is 38.7 Å². The monoisotopic (exact) mass is 127 g/mol. The van der Waals surface area contributed by atoms with Crippen molar-refractivity contribution in [3.63, 3.8) is 0 Å². The molecule has 0 saturated heterocycles. The van der Waals surface area contributed by atoms with Crippen LogP contribution in [0.2, 0.25) is 0 Å². The third-order valence-electron chi connectivity index (χ3n) is 0. The molecule has 0 aromatic heterocycles. The average molecular weight is 128 g/mol. The molecule has 0 spiro atoms. The second-order valence-corrected chi connectivity index (χ2v) is 0.0816. The molecule has 0 radical (unpaired) electrons. The van der Waals surface area contributed by atoms with Crippen LogP contribution in [-0.4, -0.2) is 43.9 Å². The topological polar surface area (TPSA) is 49.7 Å². The molecule has 0 aromatic rings. The molecule has 0 saturated carbocycles. The van der Waals surface area contributed by atoms with E-state index < -0.39 is 0 Å². The Bertz CT molecular complexity index is 17.1. The zero-order valence-corrected chi connectivity index (χ0v) is 1.30. The summed E-state index contributed by atoms with van der Waals surface area (Å²) in [7, 11) is 0. The average Bonchev–Trinajstić information content (AvgIpc) is 0.918.